The minimum atomic E-state index is -0.673. The second-order valence-electron chi connectivity index (χ2n) is 6.37. The van der Waals surface area contributed by atoms with Gasteiger partial charge in [-0.25, -0.2) is 0 Å². The molecule has 0 atom stereocenters. The van der Waals surface area contributed by atoms with E-state index >= 15 is 0 Å². The first-order valence-electron chi connectivity index (χ1n) is 8.25. The maximum absolute atomic E-state index is 7.03. The second kappa shape index (κ2) is 6.50. The molecule has 0 unspecified atom stereocenters. The van der Waals surface area contributed by atoms with E-state index in [1.165, 1.54) is 11.1 Å². The largest absolute Gasteiger partial charge is 0.388 e. The van der Waals surface area contributed by atoms with Crippen molar-refractivity contribution in [2.45, 2.75) is 19.4 Å². The van der Waals surface area contributed by atoms with Crippen LogP contribution in [0.1, 0.15) is 27.8 Å². The molecule has 0 saturated carbocycles. The van der Waals surface area contributed by atoms with E-state index in [1.54, 1.807) is 0 Å². The molecule has 0 aliphatic carbocycles. The lowest BCUT2D eigenvalue weighted by molar-refractivity contribution is 0.652. The van der Waals surface area contributed by atoms with Gasteiger partial charge in [0.15, 0.2) is 0 Å². The fourth-order valence-corrected chi connectivity index (χ4v) is 3.03. The van der Waals surface area contributed by atoms with Crippen molar-refractivity contribution in [3.63, 3.8) is 0 Å². The van der Waals surface area contributed by atoms with Crippen LogP contribution in [0.15, 0.2) is 72.8 Å². The average Bonchev–Trinajstić information content (AvgIpc) is 2.62. The third-order valence-electron chi connectivity index (χ3n) is 4.64. The van der Waals surface area contributed by atoms with Gasteiger partial charge in [0.05, 0.1) is 5.54 Å². The van der Waals surface area contributed by atoms with E-state index in [2.05, 4.69) is 92.0 Å². The number of hydrogen-bond acceptors (Lipinski definition) is 2. The summed E-state index contributed by atoms with van der Waals surface area (Å²) >= 11 is 0. The molecule has 2 heteroatoms. The molecule has 0 amide bonds. The number of aryl methyl sites for hydroxylation is 2. The highest BCUT2D eigenvalue weighted by molar-refractivity contribution is 5.53. The van der Waals surface area contributed by atoms with E-state index in [4.69, 9.17) is 5.73 Å². The number of anilines is 1. The minimum Gasteiger partial charge on any atom is -0.388 e. The molecule has 122 valence electrons. The van der Waals surface area contributed by atoms with Gasteiger partial charge in [-0.3, -0.25) is 0 Å². The fourth-order valence-electron chi connectivity index (χ4n) is 3.03. The lowest BCUT2D eigenvalue weighted by atomic mass is 9.77. The lowest BCUT2D eigenvalue weighted by Crippen LogP contribution is -2.39. The van der Waals surface area contributed by atoms with Crippen molar-refractivity contribution in [1.82, 2.24) is 0 Å². The predicted molar refractivity (Wildman–Crippen MR) is 102 cm³/mol. The van der Waals surface area contributed by atoms with Crippen molar-refractivity contribution in [3.8, 4) is 0 Å². The van der Waals surface area contributed by atoms with Crippen molar-refractivity contribution in [2.75, 3.05) is 12.4 Å². The molecule has 3 aromatic carbocycles. The summed E-state index contributed by atoms with van der Waals surface area (Å²) in [5, 5.41) is 3.16. The Morgan fingerprint density at radius 1 is 0.625 bits per heavy atom. The number of nitrogens with two attached hydrogens (primary N) is 1. The first-order valence-corrected chi connectivity index (χ1v) is 8.25. The molecule has 0 radical (unpaired) electrons. The average molecular weight is 316 g/mol. The van der Waals surface area contributed by atoms with Crippen LogP contribution in [0.4, 0.5) is 5.69 Å². The summed E-state index contributed by atoms with van der Waals surface area (Å²) in [7, 11) is 1.92. The molecule has 0 saturated heterocycles. The zero-order valence-electron chi connectivity index (χ0n) is 14.5. The summed E-state index contributed by atoms with van der Waals surface area (Å²) in [6.07, 6.45) is 0. The highest BCUT2D eigenvalue weighted by Crippen LogP contribution is 2.35. The molecule has 0 spiro atoms. The van der Waals surface area contributed by atoms with E-state index in [0.717, 1.165) is 22.4 Å². The second-order valence-corrected chi connectivity index (χ2v) is 6.37. The molecule has 3 aromatic rings. The summed E-state index contributed by atoms with van der Waals surface area (Å²) in [5.74, 6) is 0. The van der Waals surface area contributed by atoms with Crippen molar-refractivity contribution in [3.05, 3.63) is 101 Å². The van der Waals surface area contributed by atoms with Gasteiger partial charge < -0.3 is 11.1 Å². The van der Waals surface area contributed by atoms with Crippen LogP contribution < -0.4 is 11.1 Å². The molecule has 3 N–H and O–H groups in total. The molecule has 2 nitrogen and oxygen atoms in total. The van der Waals surface area contributed by atoms with Gasteiger partial charge in [0.25, 0.3) is 0 Å². The monoisotopic (exact) mass is 316 g/mol. The van der Waals surface area contributed by atoms with Gasteiger partial charge in [0.1, 0.15) is 0 Å². The summed E-state index contributed by atoms with van der Waals surface area (Å²) in [6, 6.07) is 25.3. The van der Waals surface area contributed by atoms with Crippen LogP contribution in [-0.2, 0) is 5.54 Å². The van der Waals surface area contributed by atoms with E-state index in [1.807, 2.05) is 7.05 Å². The Bertz CT molecular complexity index is 755. The summed E-state index contributed by atoms with van der Waals surface area (Å²) < 4.78 is 0. The molecule has 0 heterocycles. The Hall–Kier alpha value is -2.58. The summed E-state index contributed by atoms with van der Waals surface area (Å²) in [4.78, 5) is 0. The maximum atomic E-state index is 7.03. The highest BCUT2D eigenvalue weighted by Gasteiger charge is 2.31. The fraction of sp³-hybridized carbons (Fsp3) is 0.182. The van der Waals surface area contributed by atoms with E-state index in [-0.39, 0.29) is 0 Å². The number of hydrogen-bond donors (Lipinski definition) is 2. The van der Waals surface area contributed by atoms with Gasteiger partial charge in [0.2, 0.25) is 0 Å². The van der Waals surface area contributed by atoms with Crippen molar-refractivity contribution < 1.29 is 0 Å². The first-order chi connectivity index (χ1) is 11.5. The zero-order valence-corrected chi connectivity index (χ0v) is 14.5. The van der Waals surface area contributed by atoms with Gasteiger partial charge in [-0.15, -0.1) is 0 Å². The van der Waals surface area contributed by atoms with Gasteiger partial charge in [-0.05, 0) is 42.7 Å². The number of rotatable bonds is 4. The molecule has 3 rings (SSSR count). The smallest absolute Gasteiger partial charge is 0.0922 e. The number of nitrogens with one attached hydrogen (secondary N) is 1. The summed E-state index contributed by atoms with van der Waals surface area (Å²) in [5.41, 5.74) is 13.2. The molecule has 24 heavy (non-hydrogen) atoms. The molecule has 0 fully saturated rings. The van der Waals surface area contributed by atoms with Gasteiger partial charge >= 0.3 is 0 Å². The van der Waals surface area contributed by atoms with Crippen LogP contribution in [0.25, 0.3) is 0 Å². The number of benzene rings is 3. The predicted octanol–water partition coefficient (Wildman–Crippen LogP) is 4.60. The third-order valence-corrected chi connectivity index (χ3v) is 4.64. The topological polar surface area (TPSA) is 38.0 Å². The molecular formula is C22H24N2. The van der Waals surface area contributed by atoms with Crippen LogP contribution in [0.5, 0.6) is 0 Å². The van der Waals surface area contributed by atoms with Gasteiger partial charge in [-0.2, -0.15) is 0 Å². The van der Waals surface area contributed by atoms with Gasteiger partial charge in [0, 0.05) is 12.7 Å². The van der Waals surface area contributed by atoms with Crippen molar-refractivity contribution >= 4 is 5.69 Å². The lowest BCUT2D eigenvalue weighted by Gasteiger charge is -2.32. The maximum Gasteiger partial charge on any atom is 0.0922 e. The van der Waals surface area contributed by atoms with Crippen molar-refractivity contribution in [2.24, 2.45) is 5.73 Å². The van der Waals surface area contributed by atoms with Crippen LogP contribution in [0.3, 0.4) is 0 Å². The van der Waals surface area contributed by atoms with Crippen molar-refractivity contribution in [1.29, 1.82) is 0 Å². The first kappa shape index (κ1) is 16.3. The highest BCUT2D eigenvalue weighted by atomic mass is 14.8. The zero-order chi connectivity index (χ0) is 17.2. The SMILES string of the molecule is CNc1ccc(C(N)(c2ccc(C)cc2)c2ccc(C)cc2)cc1. The Morgan fingerprint density at radius 2 is 0.958 bits per heavy atom. The summed E-state index contributed by atoms with van der Waals surface area (Å²) in [6.45, 7) is 4.19. The molecule has 0 aliphatic heterocycles. The normalized spacial score (nSPS) is 11.3. The third kappa shape index (κ3) is 2.93. The Morgan fingerprint density at radius 3 is 1.29 bits per heavy atom. The van der Waals surface area contributed by atoms with Crippen LogP contribution in [-0.4, -0.2) is 7.05 Å². The standard InChI is InChI=1S/C22H24N2/c1-16-4-8-18(9-5-16)22(23,19-10-6-17(2)7-11-19)20-12-14-21(24-3)15-13-20/h4-15,24H,23H2,1-3H3. The van der Waals surface area contributed by atoms with E-state index in [9.17, 15) is 0 Å². The quantitative estimate of drug-likeness (QED) is 0.691. The van der Waals surface area contributed by atoms with Crippen LogP contribution in [0.2, 0.25) is 0 Å². The Kier molecular flexibility index (Phi) is 4.41. The molecule has 0 aromatic heterocycles. The van der Waals surface area contributed by atoms with Gasteiger partial charge in [-0.1, -0.05) is 71.8 Å². The van der Waals surface area contributed by atoms with Crippen LogP contribution >= 0.6 is 0 Å². The van der Waals surface area contributed by atoms with E-state index < -0.39 is 5.54 Å². The van der Waals surface area contributed by atoms with Crippen LogP contribution in [0, 0.1) is 13.8 Å². The molecule has 0 bridgehead atoms. The Labute approximate surface area is 144 Å². The Balaban J connectivity index is 2.18. The molecule has 0 aliphatic rings. The van der Waals surface area contributed by atoms with E-state index in [0.29, 0.717) is 0 Å². The molecular weight excluding hydrogens is 292 g/mol. The minimum absolute atomic E-state index is 0.673.